The Morgan fingerprint density at radius 2 is 2.04 bits per heavy atom. The van der Waals surface area contributed by atoms with Crippen molar-refractivity contribution in [2.24, 2.45) is 0 Å². The van der Waals surface area contributed by atoms with Crippen LogP contribution in [0.2, 0.25) is 5.02 Å². The fraction of sp³-hybridized carbons (Fsp3) is 0.0952. The van der Waals surface area contributed by atoms with Gasteiger partial charge in [-0.05, 0) is 54.6 Å². The Labute approximate surface area is 165 Å². The number of aromatic hydroxyl groups is 1. The van der Waals surface area contributed by atoms with Crippen LogP contribution >= 0.6 is 11.6 Å². The minimum absolute atomic E-state index is 0.0232. The van der Waals surface area contributed by atoms with Crippen LogP contribution in [0, 0.1) is 5.82 Å². The number of allylic oxidation sites excluding steroid dienone is 1. The number of carbonyl (C=O) groups is 1. The van der Waals surface area contributed by atoms with Crippen molar-refractivity contribution < 1.29 is 28.2 Å². The van der Waals surface area contributed by atoms with Crippen molar-refractivity contribution in [2.75, 3.05) is 7.11 Å². The van der Waals surface area contributed by atoms with Crippen molar-refractivity contribution in [3.8, 4) is 17.2 Å². The maximum atomic E-state index is 13.1. The van der Waals surface area contributed by atoms with Gasteiger partial charge in [0.2, 0.25) is 0 Å². The van der Waals surface area contributed by atoms with E-state index in [4.69, 9.17) is 25.5 Å². The van der Waals surface area contributed by atoms with Crippen molar-refractivity contribution in [1.82, 2.24) is 0 Å². The number of benzene rings is 2. The van der Waals surface area contributed by atoms with Crippen LogP contribution in [0.15, 0.2) is 59.0 Å². The number of methoxy groups -OCH3 is 1. The highest BCUT2D eigenvalue weighted by molar-refractivity contribution is 6.30. The first-order valence-corrected chi connectivity index (χ1v) is 8.60. The van der Waals surface area contributed by atoms with E-state index in [0.717, 1.165) is 0 Å². The molecule has 0 spiro atoms. The van der Waals surface area contributed by atoms with Crippen molar-refractivity contribution in [3.05, 3.63) is 82.5 Å². The number of carbonyl (C=O) groups excluding carboxylic acids is 1. The van der Waals surface area contributed by atoms with Crippen LogP contribution in [0.25, 0.3) is 6.08 Å². The second-order valence-electron chi connectivity index (χ2n) is 5.75. The summed E-state index contributed by atoms with van der Waals surface area (Å²) in [6.45, 7) is 0.124. The standard InChI is InChI=1S/C21H16ClFO5/c1-26-21-10-13(2-8-20(21)25)19(24)9-6-14-3-4-16(28-14)12-27-15-5-7-18(23)17(22)11-15/h2-11,25H,12H2,1H3/b9-6+. The summed E-state index contributed by atoms with van der Waals surface area (Å²) in [6.07, 6.45) is 2.88. The third kappa shape index (κ3) is 4.72. The third-order valence-electron chi connectivity index (χ3n) is 3.82. The first-order chi connectivity index (χ1) is 13.5. The maximum absolute atomic E-state index is 13.1. The molecule has 0 radical (unpaired) electrons. The molecule has 1 aromatic heterocycles. The second kappa shape index (κ2) is 8.63. The van der Waals surface area contributed by atoms with E-state index in [1.54, 1.807) is 12.1 Å². The van der Waals surface area contributed by atoms with E-state index in [-0.39, 0.29) is 28.9 Å². The average Bonchev–Trinajstić information content (AvgIpc) is 3.15. The molecule has 0 aliphatic carbocycles. The van der Waals surface area contributed by atoms with Crippen molar-refractivity contribution in [3.63, 3.8) is 0 Å². The van der Waals surface area contributed by atoms with Crippen LogP contribution in [0.1, 0.15) is 21.9 Å². The number of rotatable bonds is 7. The monoisotopic (exact) mass is 402 g/mol. The molecule has 5 nitrogen and oxygen atoms in total. The van der Waals surface area contributed by atoms with Gasteiger partial charge in [0.25, 0.3) is 0 Å². The highest BCUT2D eigenvalue weighted by atomic mass is 35.5. The van der Waals surface area contributed by atoms with Crippen LogP contribution in [-0.4, -0.2) is 18.0 Å². The van der Waals surface area contributed by atoms with E-state index in [9.17, 15) is 14.3 Å². The maximum Gasteiger partial charge on any atom is 0.186 e. The Hall–Kier alpha value is -3.25. The van der Waals surface area contributed by atoms with E-state index in [0.29, 0.717) is 22.8 Å². The first-order valence-electron chi connectivity index (χ1n) is 8.22. The van der Waals surface area contributed by atoms with Gasteiger partial charge in [-0.15, -0.1) is 0 Å². The van der Waals surface area contributed by atoms with E-state index in [1.807, 2.05) is 0 Å². The van der Waals surface area contributed by atoms with Gasteiger partial charge in [-0.3, -0.25) is 4.79 Å². The normalized spacial score (nSPS) is 11.0. The SMILES string of the molecule is COc1cc(C(=O)/C=C/c2ccc(COc3ccc(F)c(Cl)c3)o2)ccc1O. The van der Waals surface area contributed by atoms with Crippen molar-refractivity contribution in [1.29, 1.82) is 0 Å². The molecule has 3 rings (SSSR count). The molecule has 0 atom stereocenters. The molecule has 0 unspecified atom stereocenters. The van der Waals surface area contributed by atoms with E-state index < -0.39 is 5.82 Å². The second-order valence-corrected chi connectivity index (χ2v) is 6.16. The predicted octanol–water partition coefficient (Wildman–Crippen LogP) is 5.26. The van der Waals surface area contributed by atoms with Crippen LogP contribution in [0.5, 0.6) is 17.2 Å². The fourth-order valence-electron chi connectivity index (χ4n) is 2.37. The van der Waals surface area contributed by atoms with Gasteiger partial charge in [0.1, 0.15) is 29.7 Å². The Bertz CT molecular complexity index is 1030. The Kier molecular flexibility index (Phi) is 6.01. The zero-order valence-electron chi connectivity index (χ0n) is 14.8. The van der Waals surface area contributed by atoms with Gasteiger partial charge in [-0.25, -0.2) is 4.39 Å². The molecule has 0 amide bonds. The number of ether oxygens (including phenoxy) is 2. The van der Waals surface area contributed by atoms with Gasteiger partial charge in [0, 0.05) is 11.6 Å². The zero-order chi connectivity index (χ0) is 20.1. The molecule has 0 saturated heterocycles. The fourth-order valence-corrected chi connectivity index (χ4v) is 2.54. The molecule has 3 aromatic rings. The van der Waals surface area contributed by atoms with Gasteiger partial charge in [0.15, 0.2) is 17.3 Å². The number of furan rings is 1. The van der Waals surface area contributed by atoms with Gasteiger partial charge in [-0.1, -0.05) is 11.6 Å². The summed E-state index contributed by atoms with van der Waals surface area (Å²) >= 11 is 5.71. The molecule has 1 N–H and O–H groups in total. The lowest BCUT2D eigenvalue weighted by atomic mass is 10.1. The zero-order valence-corrected chi connectivity index (χ0v) is 15.6. The Balaban J connectivity index is 1.62. The summed E-state index contributed by atoms with van der Waals surface area (Å²) in [5.74, 6) is 0.799. The number of halogens is 2. The van der Waals surface area contributed by atoms with Crippen molar-refractivity contribution in [2.45, 2.75) is 6.61 Å². The minimum Gasteiger partial charge on any atom is -0.504 e. The highest BCUT2D eigenvalue weighted by Crippen LogP contribution is 2.27. The summed E-state index contributed by atoms with van der Waals surface area (Å²) in [5, 5.41) is 9.56. The lowest BCUT2D eigenvalue weighted by Crippen LogP contribution is -1.95. The van der Waals surface area contributed by atoms with Crippen LogP contribution < -0.4 is 9.47 Å². The number of hydrogen-bond donors (Lipinski definition) is 1. The largest absolute Gasteiger partial charge is 0.504 e. The Morgan fingerprint density at radius 1 is 1.21 bits per heavy atom. The summed E-state index contributed by atoms with van der Waals surface area (Å²) < 4.78 is 29.2. The molecule has 144 valence electrons. The highest BCUT2D eigenvalue weighted by Gasteiger charge is 2.08. The van der Waals surface area contributed by atoms with Gasteiger partial charge < -0.3 is 19.0 Å². The summed E-state index contributed by atoms with van der Waals surface area (Å²) in [6, 6.07) is 11.8. The molecule has 7 heteroatoms. The summed E-state index contributed by atoms with van der Waals surface area (Å²) in [4.78, 5) is 12.2. The molecule has 0 aliphatic heterocycles. The van der Waals surface area contributed by atoms with E-state index in [1.165, 1.54) is 55.7 Å². The number of phenols is 1. The third-order valence-corrected chi connectivity index (χ3v) is 4.11. The molecule has 0 fully saturated rings. The van der Waals surface area contributed by atoms with Crippen LogP contribution in [0.3, 0.4) is 0 Å². The summed E-state index contributed by atoms with van der Waals surface area (Å²) in [7, 11) is 1.41. The Morgan fingerprint density at radius 3 is 2.79 bits per heavy atom. The lowest BCUT2D eigenvalue weighted by Gasteiger charge is -2.04. The number of phenolic OH excluding ortho intramolecular Hbond substituents is 1. The molecular formula is C21H16ClFO5. The van der Waals surface area contributed by atoms with Gasteiger partial charge >= 0.3 is 0 Å². The van der Waals surface area contributed by atoms with E-state index >= 15 is 0 Å². The average molecular weight is 403 g/mol. The topological polar surface area (TPSA) is 68.9 Å². The van der Waals surface area contributed by atoms with Crippen molar-refractivity contribution >= 4 is 23.5 Å². The molecular weight excluding hydrogens is 387 g/mol. The molecule has 28 heavy (non-hydrogen) atoms. The molecule has 0 saturated carbocycles. The number of ketones is 1. The van der Waals surface area contributed by atoms with Gasteiger partial charge in [0.05, 0.1) is 12.1 Å². The van der Waals surface area contributed by atoms with Crippen LogP contribution in [0.4, 0.5) is 4.39 Å². The van der Waals surface area contributed by atoms with E-state index in [2.05, 4.69) is 0 Å². The smallest absolute Gasteiger partial charge is 0.186 e. The predicted molar refractivity (Wildman–Crippen MR) is 102 cm³/mol. The van der Waals surface area contributed by atoms with Crippen LogP contribution in [-0.2, 0) is 6.61 Å². The molecule has 2 aromatic carbocycles. The number of hydrogen-bond acceptors (Lipinski definition) is 5. The molecule has 1 heterocycles. The molecule has 0 aliphatic rings. The molecule has 0 bridgehead atoms. The lowest BCUT2D eigenvalue weighted by molar-refractivity contribution is 0.104. The quantitative estimate of drug-likeness (QED) is 0.431. The van der Waals surface area contributed by atoms with Gasteiger partial charge in [-0.2, -0.15) is 0 Å². The first kappa shape index (κ1) is 19.5. The summed E-state index contributed by atoms with van der Waals surface area (Å²) in [5.41, 5.74) is 0.370. The minimum atomic E-state index is -0.518.